The summed E-state index contributed by atoms with van der Waals surface area (Å²) in [6, 6.07) is 0. The van der Waals surface area contributed by atoms with Crippen molar-refractivity contribution in [2.24, 2.45) is 0 Å². The van der Waals surface area contributed by atoms with Gasteiger partial charge in [0, 0.05) is 24.9 Å². The second-order valence-corrected chi connectivity index (χ2v) is 2.93. The molecule has 1 aromatic heterocycles. The van der Waals surface area contributed by atoms with Crippen LogP contribution in [0.1, 0.15) is 17.9 Å². The molecule has 0 N–H and O–H groups in total. The lowest BCUT2D eigenvalue weighted by molar-refractivity contribution is -0.119. The lowest BCUT2D eigenvalue weighted by Crippen LogP contribution is -2.19. The van der Waals surface area contributed by atoms with E-state index in [0.717, 1.165) is 18.1 Å². The molecule has 3 nitrogen and oxygen atoms in total. The molecular formula is C8H10N2O. The number of Topliss-reactive ketones (excluding diaryl/α,β-unsaturated/α-hetero) is 1. The Morgan fingerprint density at radius 3 is 3.27 bits per heavy atom. The van der Waals surface area contributed by atoms with Gasteiger partial charge in [-0.1, -0.05) is 0 Å². The van der Waals surface area contributed by atoms with E-state index in [0.29, 0.717) is 18.6 Å². The molecule has 2 rings (SSSR count). The number of fused-ring (bicyclic) bond motifs is 1. The van der Waals surface area contributed by atoms with Crippen LogP contribution >= 0.6 is 0 Å². The van der Waals surface area contributed by atoms with E-state index in [1.165, 1.54) is 0 Å². The first kappa shape index (κ1) is 6.58. The van der Waals surface area contributed by atoms with Gasteiger partial charge in [-0.3, -0.25) is 4.79 Å². The van der Waals surface area contributed by atoms with Crippen LogP contribution in [0.2, 0.25) is 0 Å². The first-order valence-corrected chi connectivity index (χ1v) is 3.80. The Hall–Kier alpha value is -1.12. The first-order chi connectivity index (χ1) is 5.27. The van der Waals surface area contributed by atoms with E-state index in [-0.39, 0.29) is 0 Å². The van der Waals surface area contributed by atoms with E-state index in [2.05, 4.69) is 9.55 Å². The van der Waals surface area contributed by atoms with Crippen molar-refractivity contribution in [1.29, 1.82) is 0 Å². The summed E-state index contributed by atoms with van der Waals surface area (Å²) in [6.45, 7) is 2.84. The van der Waals surface area contributed by atoms with Gasteiger partial charge in [0.05, 0.1) is 6.42 Å². The monoisotopic (exact) mass is 150 g/mol. The van der Waals surface area contributed by atoms with Crippen molar-refractivity contribution >= 4 is 5.78 Å². The number of imidazole rings is 1. The van der Waals surface area contributed by atoms with Crippen molar-refractivity contribution in [2.75, 3.05) is 0 Å². The number of aromatic nitrogens is 2. The van der Waals surface area contributed by atoms with Gasteiger partial charge in [-0.15, -0.1) is 0 Å². The van der Waals surface area contributed by atoms with Crippen molar-refractivity contribution in [1.82, 2.24) is 9.55 Å². The zero-order valence-corrected chi connectivity index (χ0v) is 6.50. The maximum absolute atomic E-state index is 11.0. The summed E-state index contributed by atoms with van der Waals surface area (Å²) in [5.74, 6) is 1.24. The Kier molecular flexibility index (Phi) is 1.31. The summed E-state index contributed by atoms with van der Waals surface area (Å²) < 4.78 is 2.11. The van der Waals surface area contributed by atoms with Crippen LogP contribution in [-0.4, -0.2) is 15.3 Å². The number of rotatable bonds is 0. The largest absolute Gasteiger partial charge is 0.332 e. The maximum Gasteiger partial charge on any atom is 0.142 e. The van der Waals surface area contributed by atoms with Crippen LogP contribution in [0.15, 0.2) is 6.20 Å². The summed E-state index contributed by atoms with van der Waals surface area (Å²) in [4.78, 5) is 15.1. The van der Waals surface area contributed by atoms with Gasteiger partial charge in [-0.2, -0.15) is 0 Å². The lowest BCUT2D eigenvalue weighted by atomic mass is 10.1. The van der Waals surface area contributed by atoms with Gasteiger partial charge in [-0.25, -0.2) is 4.98 Å². The van der Waals surface area contributed by atoms with E-state index < -0.39 is 0 Å². The third kappa shape index (κ3) is 0.964. The second kappa shape index (κ2) is 2.19. The van der Waals surface area contributed by atoms with Crippen LogP contribution in [0, 0.1) is 6.92 Å². The van der Waals surface area contributed by atoms with Crippen LogP contribution in [0.3, 0.4) is 0 Å². The molecule has 0 saturated carbocycles. The van der Waals surface area contributed by atoms with E-state index >= 15 is 0 Å². The Balaban J connectivity index is 2.44. The fourth-order valence-corrected chi connectivity index (χ4v) is 1.46. The van der Waals surface area contributed by atoms with Crippen LogP contribution in [-0.2, 0) is 17.8 Å². The Morgan fingerprint density at radius 2 is 2.45 bits per heavy atom. The smallest absolute Gasteiger partial charge is 0.142 e. The number of carbonyl (C=O) groups is 1. The normalized spacial score (nSPS) is 16.6. The molecule has 0 bridgehead atoms. The molecule has 58 valence electrons. The maximum atomic E-state index is 11.0. The van der Waals surface area contributed by atoms with Gasteiger partial charge >= 0.3 is 0 Å². The molecule has 0 atom stereocenters. The minimum absolute atomic E-state index is 0.308. The van der Waals surface area contributed by atoms with Gasteiger partial charge < -0.3 is 4.57 Å². The van der Waals surface area contributed by atoms with Gasteiger partial charge in [0.25, 0.3) is 0 Å². The second-order valence-electron chi connectivity index (χ2n) is 2.93. The van der Waals surface area contributed by atoms with E-state index in [1.54, 1.807) is 0 Å². The summed E-state index contributed by atoms with van der Waals surface area (Å²) in [6.07, 6.45) is 3.02. The fourth-order valence-electron chi connectivity index (χ4n) is 1.46. The molecule has 0 radical (unpaired) electrons. The predicted octanol–water partition coefficient (Wildman–Crippen LogP) is 0.707. The van der Waals surface area contributed by atoms with Crippen molar-refractivity contribution in [3.05, 3.63) is 17.7 Å². The Labute approximate surface area is 65.1 Å². The zero-order chi connectivity index (χ0) is 7.84. The third-order valence-corrected chi connectivity index (χ3v) is 2.11. The molecule has 0 unspecified atom stereocenters. The van der Waals surface area contributed by atoms with Crippen molar-refractivity contribution in [3.63, 3.8) is 0 Å². The van der Waals surface area contributed by atoms with Gasteiger partial charge in [0.2, 0.25) is 0 Å². The van der Waals surface area contributed by atoms with Crippen molar-refractivity contribution in [2.45, 2.75) is 26.3 Å². The number of ketones is 1. The molecule has 1 aliphatic heterocycles. The molecule has 0 aliphatic carbocycles. The summed E-state index contributed by atoms with van der Waals surface area (Å²) in [7, 11) is 0. The molecule has 3 heteroatoms. The topological polar surface area (TPSA) is 34.9 Å². The van der Waals surface area contributed by atoms with Crippen LogP contribution < -0.4 is 0 Å². The summed E-state index contributed by atoms with van der Waals surface area (Å²) in [5, 5.41) is 0. The number of carbonyl (C=O) groups excluding carboxylic acids is 1. The van der Waals surface area contributed by atoms with Crippen LogP contribution in [0.25, 0.3) is 0 Å². The molecule has 0 aromatic carbocycles. The molecule has 11 heavy (non-hydrogen) atoms. The zero-order valence-electron chi connectivity index (χ0n) is 6.50. The van der Waals surface area contributed by atoms with Crippen molar-refractivity contribution in [3.8, 4) is 0 Å². The molecule has 2 heterocycles. The van der Waals surface area contributed by atoms with E-state index in [1.807, 2.05) is 13.1 Å². The van der Waals surface area contributed by atoms with Gasteiger partial charge in [0.1, 0.15) is 11.6 Å². The van der Waals surface area contributed by atoms with Crippen LogP contribution in [0.4, 0.5) is 0 Å². The predicted molar refractivity (Wildman–Crippen MR) is 40.3 cm³/mol. The quantitative estimate of drug-likeness (QED) is 0.545. The van der Waals surface area contributed by atoms with Crippen LogP contribution in [0.5, 0.6) is 0 Å². The number of hydrogen-bond acceptors (Lipinski definition) is 2. The Bertz CT molecular complexity index is 301. The average molecular weight is 150 g/mol. The summed E-state index contributed by atoms with van der Waals surface area (Å²) >= 11 is 0. The summed E-state index contributed by atoms with van der Waals surface area (Å²) in [5.41, 5.74) is 1.16. The molecule has 0 fully saturated rings. The molecule has 1 aromatic rings. The Morgan fingerprint density at radius 1 is 1.64 bits per heavy atom. The van der Waals surface area contributed by atoms with Crippen molar-refractivity contribution < 1.29 is 4.79 Å². The average Bonchev–Trinajstić information content (AvgIpc) is 2.32. The molecule has 1 aliphatic rings. The highest BCUT2D eigenvalue weighted by Crippen LogP contribution is 2.12. The number of aryl methyl sites for hydroxylation is 1. The highest BCUT2D eigenvalue weighted by atomic mass is 16.1. The highest BCUT2D eigenvalue weighted by Gasteiger charge is 2.16. The minimum Gasteiger partial charge on any atom is -0.332 e. The molecule has 0 spiro atoms. The third-order valence-electron chi connectivity index (χ3n) is 2.11. The molecule has 0 saturated heterocycles. The SMILES string of the molecule is Cc1cnc2n1CCC(=O)C2. The lowest BCUT2D eigenvalue weighted by Gasteiger charge is -2.13. The fraction of sp³-hybridized carbons (Fsp3) is 0.500. The standard InChI is InChI=1S/C8H10N2O/c1-6-5-9-8-4-7(11)2-3-10(6)8/h5H,2-4H2,1H3. The van der Waals surface area contributed by atoms with E-state index in [4.69, 9.17) is 0 Å². The highest BCUT2D eigenvalue weighted by molar-refractivity contribution is 5.81. The molecule has 0 amide bonds. The van der Waals surface area contributed by atoms with Gasteiger partial charge in [-0.05, 0) is 6.92 Å². The first-order valence-electron chi connectivity index (χ1n) is 3.80. The number of nitrogens with zero attached hydrogens (tertiary/aromatic N) is 2. The minimum atomic E-state index is 0.308. The number of hydrogen-bond donors (Lipinski definition) is 0. The van der Waals surface area contributed by atoms with Gasteiger partial charge in [0.15, 0.2) is 0 Å². The van der Waals surface area contributed by atoms with E-state index in [9.17, 15) is 4.79 Å². The molecular weight excluding hydrogens is 140 g/mol.